The Morgan fingerprint density at radius 3 is 2.81 bits per heavy atom. The first kappa shape index (κ1) is 18.6. The fraction of sp³-hybridized carbons (Fsp3) is 0.200. The van der Waals surface area contributed by atoms with Crippen molar-refractivity contribution in [2.24, 2.45) is 0 Å². The topological polar surface area (TPSA) is 51.2 Å². The average Bonchev–Trinajstić information content (AvgIpc) is 2.68. The molecule has 0 unspecified atom stereocenters. The minimum absolute atomic E-state index is 0.0846. The number of aromatic nitrogens is 1. The van der Waals surface area contributed by atoms with E-state index >= 15 is 0 Å². The highest BCUT2D eigenvalue weighted by Gasteiger charge is 2.13. The Labute approximate surface area is 161 Å². The number of nitrogens with one attached hydrogen (secondary N) is 1. The van der Waals surface area contributed by atoms with Crippen LogP contribution < -0.4 is 10.1 Å². The van der Waals surface area contributed by atoms with Crippen molar-refractivity contribution in [3.63, 3.8) is 0 Å². The van der Waals surface area contributed by atoms with Crippen LogP contribution in [0.25, 0.3) is 10.9 Å². The summed E-state index contributed by atoms with van der Waals surface area (Å²) in [4.78, 5) is 18.2. The second kappa shape index (κ2) is 8.96. The Kier molecular flexibility index (Phi) is 6.41. The third kappa shape index (κ3) is 4.14. The van der Waals surface area contributed by atoms with Crippen LogP contribution in [0.3, 0.4) is 0 Å². The van der Waals surface area contributed by atoms with E-state index in [0.29, 0.717) is 18.5 Å². The van der Waals surface area contributed by atoms with Gasteiger partial charge in [-0.05, 0) is 36.4 Å². The molecule has 1 heterocycles. The fourth-order valence-electron chi connectivity index (χ4n) is 2.82. The van der Waals surface area contributed by atoms with Crippen molar-refractivity contribution in [2.75, 3.05) is 19.9 Å². The predicted octanol–water partition coefficient (Wildman–Crippen LogP) is 4.59. The minimum Gasteiger partial charge on any atom is -0.496 e. The molecule has 0 saturated heterocycles. The van der Waals surface area contributed by atoms with Crippen LogP contribution in [-0.2, 0) is 6.42 Å². The number of benzene rings is 2. The van der Waals surface area contributed by atoms with Crippen LogP contribution in [-0.4, -0.2) is 30.8 Å². The van der Waals surface area contributed by atoms with Crippen molar-refractivity contribution in [3.05, 3.63) is 65.9 Å². The van der Waals surface area contributed by atoms with Gasteiger partial charge in [-0.2, -0.15) is 0 Å². The van der Waals surface area contributed by atoms with E-state index in [1.54, 1.807) is 41.0 Å². The number of methoxy groups -OCH3 is 1. The number of fused-ring (bicyclic) bond motifs is 1. The number of amides is 1. The predicted molar refractivity (Wildman–Crippen MR) is 110 cm³/mol. The average molecular weight is 385 g/mol. The molecule has 2 aromatic carbocycles. The molecule has 0 spiro atoms. The molecule has 3 aromatic rings. The summed E-state index contributed by atoms with van der Waals surface area (Å²) in [5, 5.41) is 3.88. The second-order valence-corrected chi connectivity index (χ2v) is 8.02. The van der Waals surface area contributed by atoms with Gasteiger partial charge in [0.15, 0.2) is 0 Å². The first-order valence-electron chi connectivity index (χ1n) is 8.23. The molecule has 1 N–H and O–H groups in total. The Bertz CT molecular complexity index is 915. The van der Waals surface area contributed by atoms with Gasteiger partial charge in [0.2, 0.25) is 0 Å². The summed E-state index contributed by atoms with van der Waals surface area (Å²) in [6.07, 6.45) is 4.44. The molecule has 1 amide bonds. The zero-order valence-corrected chi connectivity index (χ0v) is 16.3. The van der Waals surface area contributed by atoms with Crippen LogP contribution in [0.4, 0.5) is 0 Å². The van der Waals surface area contributed by atoms with E-state index < -0.39 is 0 Å². The molecule has 4 nitrogen and oxygen atoms in total. The van der Waals surface area contributed by atoms with Gasteiger partial charge in [0.05, 0.1) is 18.2 Å². The van der Waals surface area contributed by atoms with Crippen molar-refractivity contribution in [2.45, 2.75) is 11.3 Å². The summed E-state index contributed by atoms with van der Waals surface area (Å²) < 4.78 is 5.36. The SMILES string of the molecule is COc1ccccc1CCNC(=O)c1ccnc2c(SSC)cccc12. The molecule has 3 rings (SSSR count). The molecule has 0 radical (unpaired) electrons. The number of carbonyl (C=O) groups excluding carboxylic acids is 1. The smallest absolute Gasteiger partial charge is 0.252 e. The summed E-state index contributed by atoms with van der Waals surface area (Å²) in [5.74, 6) is 0.758. The highest BCUT2D eigenvalue weighted by atomic mass is 33.1. The van der Waals surface area contributed by atoms with Crippen LogP contribution in [0.2, 0.25) is 0 Å². The Hall–Kier alpha value is -2.18. The van der Waals surface area contributed by atoms with Crippen molar-refractivity contribution in [1.82, 2.24) is 10.3 Å². The second-order valence-electron chi connectivity index (χ2n) is 5.58. The van der Waals surface area contributed by atoms with Crippen LogP contribution in [0.1, 0.15) is 15.9 Å². The van der Waals surface area contributed by atoms with E-state index in [9.17, 15) is 4.79 Å². The zero-order chi connectivity index (χ0) is 18.4. The largest absolute Gasteiger partial charge is 0.496 e. The van der Waals surface area contributed by atoms with Crippen LogP contribution >= 0.6 is 21.6 Å². The van der Waals surface area contributed by atoms with E-state index in [-0.39, 0.29) is 5.91 Å². The van der Waals surface area contributed by atoms with E-state index in [4.69, 9.17) is 4.74 Å². The molecule has 0 aliphatic carbocycles. The first-order valence-corrected chi connectivity index (χ1v) is 10.8. The lowest BCUT2D eigenvalue weighted by Crippen LogP contribution is -2.26. The van der Waals surface area contributed by atoms with E-state index in [1.807, 2.05) is 48.7 Å². The molecule has 6 heteroatoms. The summed E-state index contributed by atoms with van der Waals surface area (Å²) in [6.45, 7) is 0.544. The molecule has 0 saturated carbocycles. The molecule has 0 fully saturated rings. The van der Waals surface area contributed by atoms with Crippen LogP contribution in [0.5, 0.6) is 5.75 Å². The molecular weight excluding hydrogens is 364 g/mol. The summed E-state index contributed by atoms with van der Waals surface area (Å²) in [7, 11) is 4.97. The normalized spacial score (nSPS) is 10.7. The van der Waals surface area contributed by atoms with Crippen molar-refractivity contribution < 1.29 is 9.53 Å². The number of para-hydroxylation sites is 2. The molecule has 1 aromatic heterocycles. The van der Waals surface area contributed by atoms with Crippen molar-refractivity contribution >= 4 is 38.4 Å². The maximum atomic E-state index is 12.7. The quantitative estimate of drug-likeness (QED) is 0.604. The van der Waals surface area contributed by atoms with Gasteiger partial charge in [0.1, 0.15) is 5.75 Å². The zero-order valence-electron chi connectivity index (χ0n) is 14.7. The van der Waals surface area contributed by atoms with E-state index in [1.165, 1.54) is 0 Å². The Morgan fingerprint density at radius 1 is 1.15 bits per heavy atom. The van der Waals surface area contributed by atoms with Gasteiger partial charge in [0, 0.05) is 23.0 Å². The van der Waals surface area contributed by atoms with E-state index in [0.717, 1.165) is 27.1 Å². The van der Waals surface area contributed by atoms with Crippen LogP contribution in [0.15, 0.2) is 59.6 Å². The minimum atomic E-state index is -0.0846. The number of carbonyl (C=O) groups is 1. The molecule has 0 atom stereocenters. The van der Waals surface area contributed by atoms with Gasteiger partial charge in [-0.15, -0.1) is 0 Å². The van der Waals surface area contributed by atoms with Gasteiger partial charge in [0.25, 0.3) is 5.91 Å². The third-order valence-electron chi connectivity index (χ3n) is 4.02. The first-order chi connectivity index (χ1) is 12.7. The molecule has 26 heavy (non-hydrogen) atoms. The van der Waals surface area contributed by atoms with Gasteiger partial charge < -0.3 is 10.1 Å². The maximum Gasteiger partial charge on any atom is 0.252 e. The molecule has 0 bridgehead atoms. The summed E-state index contributed by atoms with van der Waals surface area (Å²) in [5.41, 5.74) is 2.59. The van der Waals surface area contributed by atoms with Gasteiger partial charge >= 0.3 is 0 Å². The molecule has 134 valence electrons. The standard InChI is InChI=1S/C20H20N2O2S2/c1-24-17-8-4-3-6-14(17)10-12-22-20(23)16-11-13-21-19-15(16)7-5-9-18(19)26-25-2/h3-9,11,13H,10,12H2,1-2H3,(H,22,23). The van der Waals surface area contributed by atoms with Crippen molar-refractivity contribution in [3.8, 4) is 5.75 Å². The molecular formula is C20H20N2O2S2. The highest BCUT2D eigenvalue weighted by molar-refractivity contribution is 8.76. The molecule has 0 aliphatic heterocycles. The highest BCUT2D eigenvalue weighted by Crippen LogP contribution is 2.34. The number of rotatable bonds is 7. The number of ether oxygens (including phenoxy) is 1. The summed E-state index contributed by atoms with van der Waals surface area (Å²) >= 11 is 0. The summed E-state index contributed by atoms with van der Waals surface area (Å²) in [6, 6.07) is 15.6. The Balaban J connectivity index is 1.75. The lowest BCUT2D eigenvalue weighted by molar-refractivity contribution is 0.0955. The van der Waals surface area contributed by atoms with Gasteiger partial charge in [-0.1, -0.05) is 51.9 Å². The van der Waals surface area contributed by atoms with Crippen LogP contribution in [0, 0.1) is 0 Å². The fourth-order valence-corrected chi connectivity index (χ4v) is 4.32. The monoisotopic (exact) mass is 384 g/mol. The van der Waals surface area contributed by atoms with Gasteiger partial charge in [-0.25, -0.2) is 0 Å². The number of hydrogen-bond acceptors (Lipinski definition) is 5. The maximum absolute atomic E-state index is 12.7. The molecule has 0 aliphatic rings. The van der Waals surface area contributed by atoms with Gasteiger partial charge in [-0.3, -0.25) is 9.78 Å². The third-order valence-corrected chi connectivity index (χ3v) is 5.74. The number of nitrogens with zero attached hydrogens (tertiary/aromatic N) is 1. The lowest BCUT2D eigenvalue weighted by Gasteiger charge is -2.11. The lowest BCUT2D eigenvalue weighted by atomic mass is 10.1. The van der Waals surface area contributed by atoms with E-state index in [2.05, 4.69) is 10.3 Å². The number of hydrogen-bond donors (Lipinski definition) is 1. The number of pyridine rings is 1. The Morgan fingerprint density at radius 2 is 2.00 bits per heavy atom. The van der Waals surface area contributed by atoms with Crippen molar-refractivity contribution in [1.29, 1.82) is 0 Å².